The lowest BCUT2D eigenvalue weighted by molar-refractivity contribution is -0.118. The highest BCUT2D eigenvalue weighted by Crippen LogP contribution is 2.34. The number of nitrogens with one attached hydrogen (secondary N) is 1. The second-order valence-electron chi connectivity index (χ2n) is 7.57. The lowest BCUT2D eigenvalue weighted by Crippen LogP contribution is -2.21. The number of carbonyl (C=O) groups is 1. The number of methoxy groups -OCH3 is 2. The number of hydrazone groups is 1. The standard InChI is InChI=1S/C26H24BrN5O3S/c1-17(18-9-12-20(27)13-10-18)28-29-24(33)16-36-26-31-30-25(32(26)21-7-5-4-6-8-21)19-11-14-22(34-2)23(15-19)35-3/h4-15H,16H2,1-3H3,(H,29,33). The van der Waals surface area contributed by atoms with E-state index in [9.17, 15) is 4.79 Å². The highest BCUT2D eigenvalue weighted by atomic mass is 79.9. The minimum atomic E-state index is -0.244. The molecule has 1 N–H and O–H groups in total. The highest BCUT2D eigenvalue weighted by Gasteiger charge is 2.18. The second kappa shape index (κ2) is 11.9. The molecular weight excluding hydrogens is 542 g/mol. The van der Waals surface area contributed by atoms with E-state index in [-0.39, 0.29) is 11.7 Å². The topological polar surface area (TPSA) is 90.6 Å². The number of ether oxygens (including phenoxy) is 2. The fourth-order valence-electron chi connectivity index (χ4n) is 3.40. The van der Waals surface area contributed by atoms with E-state index in [2.05, 4.69) is 36.7 Å². The molecule has 1 aromatic heterocycles. The molecule has 0 saturated carbocycles. The van der Waals surface area contributed by atoms with E-state index in [0.29, 0.717) is 28.2 Å². The van der Waals surface area contributed by atoms with Crippen LogP contribution in [-0.2, 0) is 4.79 Å². The fraction of sp³-hybridized carbons (Fsp3) is 0.154. The van der Waals surface area contributed by atoms with Crippen LogP contribution >= 0.6 is 27.7 Å². The summed E-state index contributed by atoms with van der Waals surface area (Å²) >= 11 is 4.69. The molecule has 1 heterocycles. The Morgan fingerprint density at radius 2 is 1.72 bits per heavy atom. The maximum absolute atomic E-state index is 12.6. The molecule has 0 aliphatic rings. The summed E-state index contributed by atoms with van der Waals surface area (Å²) in [7, 11) is 3.18. The van der Waals surface area contributed by atoms with Gasteiger partial charge in [0, 0.05) is 15.7 Å². The molecule has 1 amide bonds. The van der Waals surface area contributed by atoms with Crippen molar-refractivity contribution in [2.45, 2.75) is 12.1 Å². The molecule has 0 fully saturated rings. The van der Waals surface area contributed by atoms with Crippen LogP contribution in [0, 0.1) is 0 Å². The quantitative estimate of drug-likeness (QED) is 0.167. The number of nitrogens with zero attached hydrogens (tertiary/aromatic N) is 4. The molecular formula is C26H24BrN5O3S. The summed E-state index contributed by atoms with van der Waals surface area (Å²) in [6.07, 6.45) is 0. The van der Waals surface area contributed by atoms with Crippen LogP contribution in [0.25, 0.3) is 17.1 Å². The lowest BCUT2D eigenvalue weighted by atomic mass is 10.1. The van der Waals surface area contributed by atoms with Crippen LogP contribution < -0.4 is 14.9 Å². The predicted molar refractivity (Wildman–Crippen MR) is 145 cm³/mol. The van der Waals surface area contributed by atoms with Crippen molar-refractivity contribution in [2.75, 3.05) is 20.0 Å². The highest BCUT2D eigenvalue weighted by molar-refractivity contribution is 9.10. The number of carbonyl (C=O) groups excluding carboxylic acids is 1. The van der Waals surface area contributed by atoms with Crippen LogP contribution in [0.5, 0.6) is 11.5 Å². The molecule has 0 unspecified atom stereocenters. The summed E-state index contributed by atoms with van der Waals surface area (Å²) in [5.74, 6) is 1.71. The van der Waals surface area contributed by atoms with E-state index >= 15 is 0 Å². The first-order chi connectivity index (χ1) is 17.5. The number of hydrogen-bond acceptors (Lipinski definition) is 7. The molecule has 0 saturated heterocycles. The van der Waals surface area contributed by atoms with Gasteiger partial charge in [-0.25, -0.2) is 5.43 Å². The van der Waals surface area contributed by atoms with Crippen LogP contribution in [0.2, 0.25) is 0 Å². The van der Waals surface area contributed by atoms with Gasteiger partial charge < -0.3 is 9.47 Å². The minimum Gasteiger partial charge on any atom is -0.493 e. The molecule has 10 heteroatoms. The van der Waals surface area contributed by atoms with Crippen molar-refractivity contribution in [1.82, 2.24) is 20.2 Å². The van der Waals surface area contributed by atoms with E-state index < -0.39 is 0 Å². The van der Waals surface area contributed by atoms with Gasteiger partial charge in [0.15, 0.2) is 22.5 Å². The van der Waals surface area contributed by atoms with E-state index in [1.807, 2.05) is 84.3 Å². The first kappa shape index (κ1) is 25.5. The predicted octanol–water partition coefficient (Wildman–Crippen LogP) is 5.35. The molecule has 3 aromatic carbocycles. The van der Waals surface area contributed by atoms with E-state index in [1.165, 1.54) is 11.8 Å². The van der Waals surface area contributed by atoms with Crippen LogP contribution in [0.15, 0.2) is 87.5 Å². The molecule has 4 rings (SSSR count). The third-order valence-corrected chi connectivity index (χ3v) is 6.69. The molecule has 0 spiro atoms. The van der Waals surface area contributed by atoms with Crippen molar-refractivity contribution >= 4 is 39.3 Å². The number of para-hydroxylation sites is 1. The van der Waals surface area contributed by atoms with E-state index in [4.69, 9.17) is 9.47 Å². The van der Waals surface area contributed by atoms with Crippen molar-refractivity contribution < 1.29 is 14.3 Å². The molecule has 4 aromatic rings. The Balaban J connectivity index is 1.55. The van der Waals surface area contributed by atoms with Gasteiger partial charge >= 0.3 is 0 Å². The van der Waals surface area contributed by atoms with Crippen molar-refractivity contribution in [3.05, 3.63) is 82.8 Å². The van der Waals surface area contributed by atoms with Crippen molar-refractivity contribution in [3.63, 3.8) is 0 Å². The Morgan fingerprint density at radius 3 is 2.42 bits per heavy atom. The summed E-state index contributed by atoms with van der Waals surface area (Å²) in [6.45, 7) is 1.85. The zero-order valence-corrected chi connectivity index (χ0v) is 22.3. The van der Waals surface area contributed by atoms with Crippen molar-refractivity contribution in [1.29, 1.82) is 0 Å². The molecule has 0 radical (unpaired) electrons. The summed E-state index contributed by atoms with van der Waals surface area (Å²) < 4.78 is 13.7. The largest absolute Gasteiger partial charge is 0.493 e. The van der Waals surface area contributed by atoms with Crippen molar-refractivity contribution in [2.24, 2.45) is 5.10 Å². The SMILES string of the molecule is COc1ccc(-c2nnc(SCC(=O)NN=C(C)c3ccc(Br)cc3)n2-c2ccccc2)cc1OC. The Morgan fingerprint density at radius 1 is 1.00 bits per heavy atom. The van der Waals surface area contributed by atoms with Gasteiger partial charge in [0.1, 0.15) is 0 Å². The third-order valence-electron chi connectivity index (χ3n) is 5.23. The van der Waals surface area contributed by atoms with Gasteiger partial charge in [0.25, 0.3) is 5.91 Å². The smallest absolute Gasteiger partial charge is 0.250 e. The Kier molecular flexibility index (Phi) is 8.40. The number of aromatic nitrogens is 3. The van der Waals surface area contributed by atoms with Crippen LogP contribution in [0.1, 0.15) is 12.5 Å². The van der Waals surface area contributed by atoms with Gasteiger partial charge in [-0.1, -0.05) is 58.0 Å². The summed E-state index contributed by atoms with van der Waals surface area (Å²) in [5, 5.41) is 13.6. The van der Waals surface area contributed by atoms with E-state index in [0.717, 1.165) is 21.3 Å². The molecule has 36 heavy (non-hydrogen) atoms. The molecule has 0 aliphatic heterocycles. The average molecular weight is 566 g/mol. The minimum absolute atomic E-state index is 0.119. The zero-order chi connectivity index (χ0) is 25.5. The van der Waals surface area contributed by atoms with Crippen LogP contribution in [0.3, 0.4) is 0 Å². The maximum Gasteiger partial charge on any atom is 0.250 e. The summed E-state index contributed by atoms with van der Waals surface area (Å²) in [6, 6.07) is 23.0. The molecule has 8 nitrogen and oxygen atoms in total. The molecule has 0 atom stereocenters. The van der Waals surface area contributed by atoms with Gasteiger partial charge in [-0.05, 0) is 55.0 Å². The van der Waals surface area contributed by atoms with Crippen molar-refractivity contribution in [3.8, 4) is 28.6 Å². The summed E-state index contributed by atoms with van der Waals surface area (Å²) in [4.78, 5) is 12.6. The first-order valence-electron chi connectivity index (χ1n) is 10.9. The van der Waals surface area contributed by atoms with E-state index in [1.54, 1.807) is 14.2 Å². The Labute approximate surface area is 221 Å². The molecule has 0 bridgehead atoms. The third kappa shape index (κ3) is 5.95. The fourth-order valence-corrected chi connectivity index (χ4v) is 4.41. The Bertz CT molecular complexity index is 1370. The van der Waals surface area contributed by atoms with Gasteiger partial charge in [0.2, 0.25) is 0 Å². The number of benzene rings is 3. The zero-order valence-electron chi connectivity index (χ0n) is 19.9. The number of halogens is 1. The second-order valence-corrected chi connectivity index (χ2v) is 9.43. The van der Waals surface area contributed by atoms with Crippen LogP contribution in [0.4, 0.5) is 0 Å². The Hall–Kier alpha value is -3.63. The lowest BCUT2D eigenvalue weighted by Gasteiger charge is -2.12. The number of rotatable bonds is 9. The molecule has 184 valence electrons. The monoisotopic (exact) mass is 565 g/mol. The number of hydrogen-bond donors (Lipinski definition) is 1. The van der Waals surface area contributed by atoms with Gasteiger partial charge in [0.05, 0.1) is 25.7 Å². The first-order valence-corrected chi connectivity index (χ1v) is 12.7. The van der Waals surface area contributed by atoms with Gasteiger partial charge in [-0.15, -0.1) is 10.2 Å². The average Bonchev–Trinajstić information content (AvgIpc) is 3.35. The van der Waals surface area contributed by atoms with Gasteiger partial charge in [-0.3, -0.25) is 9.36 Å². The number of amides is 1. The normalized spacial score (nSPS) is 11.3. The molecule has 0 aliphatic carbocycles. The van der Waals surface area contributed by atoms with Crippen LogP contribution in [-0.4, -0.2) is 46.4 Å². The maximum atomic E-state index is 12.6. The van der Waals surface area contributed by atoms with Gasteiger partial charge in [-0.2, -0.15) is 5.10 Å². The summed E-state index contributed by atoms with van der Waals surface area (Å²) in [5.41, 5.74) is 5.93. The number of thioether (sulfide) groups is 1.